The van der Waals surface area contributed by atoms with E-state index in [4.69, 9.17) is 10.9 Å². The minimum Gasteiger partial charge on any atom is -0.409 e. The predicted octanol–water partition coefficient (Wildman–Crippen LogP) is -0.314. The van der Waals surface area contributed by atoms with E-state index in [1.54, 1.807) is 13.8 Å². The largest absolute Gasteiger partial charge is 0.409 e. The molecule has 0 rings (SSSR count). The molecule has 0 aliphatic carbocycles. The lowest BCUT2D eigenvalue weighted by molar-refractivity contribution is 0.311. The molecule has 0 aliphatic rings. The first kappa shape index (κ1) is 15.1. The van der Waals surface area contributed by atoms with Crippen molar-refractivity contribution in [1.82, 2.24) is 9.03 Å². The highest BCUT2D eigenvalue weighted by Gasteiger charge is 2.32. The van der Waals surface area contributed by atoms with Crippen molar-refractivity contribution in [3.05, 3.63) is 0 Å². The zero-order valence-electron chi connectivity index (χ0n) is 10.2. The number of nitrogens with two attached hydrogens (primary N) is 1. The van der Waals surface area contributed by atoms with E-state index in [2.05, 4.69) is 9.88 Å². The summed E-state index contributed by atoms with van der Waals surface area (Å²) in [6.45, 7) is 6.51. The number of rotatable bonds is 5. The number of oxime groups is 1. The van der Waals surface area contributed by atoms with Gasteiger partial charge in [0.2, 0.25) is 0 Å². The second-order valence-corrected chi connectivity index (χ2v) is 6.06. The standard InChI is InChI=1S/C8H20N4O3S/c1-6(2)12(5)16(14,15)11-8(3,4)7(9)10-13/h6,11,13H,1-5H3,(H2,9,10). The van der Waals surface area contributed by atoms with Gasteiger partial charge in [-0.25, -0.2) is 0 Å². The number of nitrogens with zero attached hydrogens (tertiary/aromatic N) is 2. The highest BCUT2D eigenvalue weighted by atomic mass is 32.2. The van der Waals surface area contributed by atoms with Crippen LogP contribution in [0.2, 0.25) is 0 Å². The molecule has 16 heavy (non-hydrogen) atoms. The van der Waals surface area contributed by atoms with E-state index in [9.17, 15) is 8.42 Å². The van der Waals surface area contributed by atoms with Gasteiger partial charge in [0.1, 0.15) is 0 Å². The zero-order valence-corrected chi connectivity index (χ0v) is 11.0. The molecule has 0 heterocycles. The van der Waals surface area contributed by atoms with Gasteiger partial charge in [0, 0.05) is 13.1 Å². The van der Waals surface area contributed by atoms with E-state index in [-0.39, 0.29) is 11.9 Å². The van der Waals surface area contributed by atoms with Crippen LogP contribution >= 0.6 is 0 Å². The van der Waals surface area contributed by atoms with Gasteiger partial charge < -0.3 is 10.9 Å². The van der Waals surface area contributed by atoms with Crippen LogP contribution in [0.4, 0.5) is 0 Å². The Morgan fingerprint density at radius 1 is 1.50 bits per heavy atom. The molecule has 0 radical (unpaired) electrons. The van der Waals surface area contributed by atoms with Crippen molar-refractivity contribution < 1.29 is 13.6 Å². The molecule has 0 bridgehead atoms. The molecule has 0 unspecified atom stereocenters. The van der Waals surface area contributed by atoms with E-state index in [0.29, 0.717) is 0 Å². The van der Waals surface area contributed by atoms with Gasteiger partial charge in [0.05, 0.1) is 5.54 Å². The van der Waals surface area contributed by atoms with Crippen molar-refractivity contribution in [2.45, 2.75) is 39.3 Å². The summed E-state index contributed by atoms with van der Waals surface area (Å²) in [5.41, 5.74) is 4.25. The summed E-state index contributed by atoms with van der Waals surface area (Å²) < 4.78 is 27.2. The van der Waals surface area contributed by atoms with Gasteiger partial charge in [0.15, 0.2) is 5.84 Å². The number of nitrogens with one attached hydrogen (secondary N) is 1. The summed E-state index contributed by atoms with van der Waals surface area (Å²) in [5.74, 6) is -0.201. The van der Waals surface area contributed by atoms with Crippen molar-refractivity contribution >= 4 is 16.0 Å². The maximum atomic E-state index is 11.8. The van der Waals surface area contributed by atoms with Crippen LogP contribution in [0.1, 0.15) is 27.7 Å². The maximum Gasteiger partial charge on any atom is 0.280 e. The number of amidine groups is 1. The van der Waals surface area contributed by atoms with Crippen LogP contribution in [-0.4, -0.2) is 42.4 Å². The molecule has 8 heteroatoms. The van der Waals surface area contributed by atoms with Gasteiger partial charge in [-0.05, 0) is 27.7 Å². The minimum atomic E-state index is -3.66. The van der Waals surface area contributed by atoms with Crippen LogP contribution in [-0.2, 0) is 10.2 Å². The Balaban J connectivity index is 4.99. The molecule has 0 spiro atoms. The highest BCUT2D eigenvalue weighted by Crippen LogP contribution is 2.08. The number of hydrogen-bond acceptors (Lipinski definition) is 4. The molecular formula is C8H20N4O3S. The molecule has 7 nitrogen and oxygen atoms in total. The lowest BCUT2D eigenvalue weighted by Gasteiger charge is -2.29. The summed E-state index contributed by atoms with van der Waals surface area (Å²) in [7, 11) is -2.21. The first-order valence-electron chi connectivity index (χ1n) is 4.79. The lowest BCUT2D eigenvalue weighted by atomic mass is 10.1. The zero-order chi connectivity index (χ0) is 13.1. The highest BCUT2D eigenvalue weighted by molar-refractivity contribution is 7.87. The summed E-state index contributed by atoms with van der Waals surface area (Å²) in [4.78, 5) is 0. The molecule has 0 saturated heterocycles. The Bertz CT molecular complexity index is 361. The molecule has 0 saturated carbocycles. The Kier molecular flexibility index (Phi) is 4.71. The average Bonchev–Trinajstić information content (AvgIpc) is 2.13. The Hall–Kier alpha value is -0.860. The molecule has 96 valence electrons. The van der Waals surface area contributed by atoms with Crippen molar-refractivity contribution in [3.63, 3.8) is 0 Å². The quantitative estimate of drug-likeness (QED) is 0.270. The van der Waals surface area contributed by atoms with Crippen molar-refractivity contribution in [2.24, 2.45) is 10.9 Å². The van der Waals surface area contributed by atoms with E-state index >= 15 is 0 Å². The van der Waals surface area contributed by atoms with E-state index in [1.165, 1.54) is 25.2 Å². The molecule has 4 N–H and O–H groups in total. The monoisotopic (exact) mass is 252 g/mol. The van der Waals surface area contributed by atoms with Crippen LogP contribution in [0.3, 0.4) is 0 Å². The van der Waals surface area contributed by atoms with Gasteiger partial charge in [-0.2, -0.15) is 17.4 Å². The summed E-state index contributed by atoms with van der Waals surface area (Å²) in [6.07, 6.45) is 0. The lowest BCUT2D eigenvalue weighted by Crippen LogP contribution is -2.57. The second kappa shape index (κ2) is 4.98. The van der Waals surface area contributed by atoms with Crippen LogP contribution in [0, 0.1) is 0 Å². The van der Waals surface area contributed by atoms with Crippen molar-refractivity contribution in [1.29, 1.82) is 0 Å². The smallest absolute Gasteiger partial charge is 0.280 e. The van der Waals surface area contributed by atoms with E-state index in [0.717, 1.165) is 0 Å². The second-order valence-electron chi connectivity index (χ2n) is 4.33. The Labute approximate surface area is 96.5 Å². The third-order valence-corrected chi connectivity index (χ3v) is 4.19. The molecule has 0 fully saturated rings. The topological polar surface area (TPSA) is 108 Å². The van der Waals surface area contributed by atoms with Gasteiger partial charge in [0.25, 0.3) is 10.2 Å². The molecule has 0 aromatic heterocycles. The van der Waals surface area contributed by atoms with Crippen LogP contribution < -0.4 is 10.5 Å². The average molecular weight is 252 g/mol. The molecular weight excluding hydrogens is 232 g/mol. The normalized spacial score (nSPS) is 14.8. The molecule has 0 atom stereocenters. The first-order chi connectivity index (χ1) is 7.04. The summed E-state index contributed by atoms with van der Waals surface area (Å²) in [6, 6.07) is -0.180. The van der Waals surface area contributed by atoms with Gasteiger partial charge in [-0.1, -0.05) is 5.16 Å². The molecule has 0 aromatic carbocycles. The fraction of sp³-hybridized carbons (Fsp3) is 0.875. The summed E-state index contributed by atoms with van der Waals surface area (Å²) in [5, 5.41) is 11.3. The third kappa shape index (κ3) is 3.62. The fourth-order valence-corrected chi connectivity index (χ4v) is 2.30. The van der Waals surface area contributed by atoms with Crippen LogP contribution in [0.25, 0.3) is 0 Å². The minimum absolute atomic E-state index is 0.180. The Morgan fingerprint density at radius 2 is 1.94 bits per heavy atom. The Morgan fingerprint density at radius 3 is 2.25 bits per heavy atom. The third-order valence-electron chi connectivity index (χ3n) is 2.24. The first-order valence-corrected chi connectivity index (χ1v) is 6.23. The van der Waals surface area contributed by atoms with Crippen molar-refractivity contribution in [2.75, 3.05) is 7.05 Å². The van der Waals surface area contributed by atoms with Gasteiger partial charge in [-0.3, -0.25) is 0 Å². The van der Waals surface area contributed by atoms with Gasteiger partial charge in [-0.15, -0.1) is 0 Å². The molecule has 0 aromatic rings. The molecule has 0 amide bonds. The van der Waals surface area contributed by atoms with E-state index in [1.807, 2.05) is 0 Å². The SMILES string of the molecule is CC(C)N(C)S(=O)(=O)NC(C)(C)C(N)=NO. The van der Waals surface area contributed by atoms with Crippen LogP contribution in [0.5, 0.6) is 0 Å². The van der Waals surface area contributed by atoms with Crippen molar-refractivity contribution in [3.8, 4) is 0 Å². The van der Waals surface area contributed by atoms with Crippen LogP contribution in [0.15, 0.2) is 5.16 Å². The summed E-state index contributed by atoms with van der Waals surface area (Å²) >= 11 is 0. The van der Waals surface area contributed by atoms with E-state index < -0.39 is 15.7 Å². The maximum absolute atomic E-state index is 11.8. The van der Waals surface area contributed by atoms with Gasteiger partial charge >= 0.3 is 0 Å². The fourth-order valence-electron chi connectivity index (χ4n) is 0.849. The molecule has 0 aliphatic heterocycles. The predicted molar refractivity (Wildman–Crippen MR) is 62.4 cm³/mol. The number of hydrogen-bond donors (Lipinski definition) is 3.